The topological polar surface area (TPSA) is 40.6 Å². The molecule has 0 saturated carbocycles. The molecule has 1 saturated heterocycles. The summed E-state index contributed by atoms with van der Waals surface area (Å²) >= 11 is 3.33. The highest BCUT2D eigenvalue weighted by Crippen LogP contribution is 2.36. The van der Waals surface area contributed by atoms with Crippen LogP contribution in [-0.2, 0) is 16.6 Å². The van der Waals surface area contributed by atoms with Crippen LogP contribution in [0, 0.1) is 0 Å². The van der Waals surface area contributed by atoms with Gasteiger partial charge < -0.3 is 0 Å². The van der Waals surface area contributed by atoms with Gasteiger partial charge in [0.1, 0.15) is 0 Å². The van der Waals surface area contributed by atoms with Crippen LogP contribution in [0.1, 0.15) is 18.4 Å². The van der Waals surface area contributed by atoms with Crippen molar-refractivity contribution in [2.45, 2.75) is 36.5 Å². The number of likely N-dealkylation sites (tertiary alicyclic amines) is 1. The van der Waals surface area contributed by atoms with Crippen molar-refractivity contribution in [1.82, 2.24) is 9.21 Å². The SMILES string of the molecule is O=S1(=O)c2ccc(Br)cc2CN1C1CCN(CC(F)(F)F)CC1. The summed E-state index contributed by atoms with van der Waals surface area (Å²) in [6.07, 6.45) is -3.37. The Hall–Kier alpha value is -0.640. The molecule has 0 amide bonds. The third kappa shape index (κ3) is 3.57. The molecule has 0 aliphatic carbocycles. The van der Waals surface area contributed by atoms with E-state index in [1.54, 1.807) is 18.2 Å². The number of benzene rings is 1. The summed E-state index contributed by atoms with van der Waals surface area (Å²) in [5.74, 6) is 0. The first-order valence-electron chi connectivity index (χ1n) is 7.26. The van der Waals surface area contributed by atoms with E-state index < -0.39 is 22.7 Å². The van der Waals surface area contributed by atoms with Crippen molar-refractivity contribution >= 4 is 26.0 Å². The molecule has 9 heteroatoms. The van der Waals surface area contributed by atoms with Crippen molar-refractivity contribution < 1.29 is 21.6 Å². The first-order valence-corrected chi connectivity index (χ1v) is 9.49. The molecular weight excluding hydrogens is 397 g/mol. The number of halogens is 4. The van der Waals surface area contributed by atoms with Gasteiger partial charge in [0, 0.05) is 30.1 Å². The zero-order chi connectivity index (χ0) is 16.8. The second kappa shape index (κ2) is 6.02. The van der Waals surface area contributed by atoms with E-state index in [9.17, 15) is 21.6 Å². The third-order valence-corrected chi connectivity index (χ3v) is 6.79. The fourth-order valence-corrected chi connectivity index (χ4v) is 5.52. The Balaban J connectivity index is 1.71. The van der Waals surface area contributed by atoms with Gasteiger partial charge in [0.25, 0.3) is 0 Å². The fraction of sp³-hybridized carbons (Fsp3) is 0.571. The molecule has 0 radical (unpaired) electrons. The second-order valence-corrected chi connectivity index (χ2v) is 8.70. The molecule has 2 aliphatic rings. The maximum Gasteiger partial charge on any atom is 0.401 e. The lowest BCUT2D eigenvalue weighted by molar-refractivity contribution is -0.148. The molecule has 0 bridgehead atoms. The number of rotatable bonds is 2. The van der Waals surface area contributed by atoms with Gasteiger partial charge in [0.2, 0.25) is 10.0 Å². The monoisotopic (exact) mass is 412 g/mol. The molecule has 1 aromatic carbocycles. The molecule has 1 aromatic rings. The van der Waals surface area contributed by atoms with Crippen molar-refractivity contribution in [1.29, 1.82) is 0 Å². The third-order valence-electron chi connectivity index (χ3n) is 4.30. The van der Waals surface area contributed by atoms with Crippen LogP contribution < -0.4 is 0 Å². The van der Waals surface area contributed by atoms with Gasteiger partial charge in [-0.1, -0.05) is 15.9 Å². The molecule has 2 aliphatic heterocycles. The number of piperidine rings is 1. The number of nitrogens with zero attached hydrogens (tertiary/aromatic N) is 2. The van der Waals surface area contributed by atoms with Gasteiger partial charge in [0.15, 0.2) is 0 Å². The summed E-state index contributed by atoms with van der Waals surface area (Å²) in [7, 11) is -3.54. The van der Waals surface area contributed by atoms with Crippen LogP contribution in [0.2, 0.25) is 0 Å². The Bertz CT molecular complexity index is 700. The largest absolute Gasteiger partial charge is 0.401 e. The van der Waals surface area contributed by atoms with E-state index in [0.29, 0.717) is 24.3 Å². The summed E-state index contributed by atoms with van der Waals surface area (Å²) in [6, 6.07) is 4.81. The van der Waals surface area contributed by atoms with Crippen LogP contribution in [0.4, 0.5) is 13.2 Å². The molecule has 1 fully saturated rings. The van der Waals surface area contributed by atoms with E-state index in [4.69, 9.17) is 0 Å². The van der Waals surface area contributed by atoms with Crippen molar-refractivity contribution in [3.63, 3.8) is 0 Å². The summed E-state index contributed by atoms with van der Waals surface area (Å²) in [5.41, 5.74) is 0.733. The lowest BCUT2D eigenvalue weighted by Crippen LogP contribution is -2.47. The molecule has 4 nitrogen and oxygen atoms in total. The highest BCUT2D eigenvalue weighted by atomic mass is 79.9. The number of hydrogen-bond acceptors (Lipinski definition) is 3. The molecule has 128 valence electrons. The lowest BCUT2D eigenvalue weighted by atomic mass is 10.0. The number of sulfonamides is 1. The number of alkyl halides is 3. The molecule has 0 spiro atoms. The molecule has 2 heterocycles. The van der Waals surface area contributed by atoms with Gasteiger partial charge in [-0.05, 0) is 36.6 Å². The summed E-state index contributed by atoms with van der Waals surface area (Å²) in [5, 5.41) is 0. The quantitative estimate of drug-likeness (QED) is 0.749. The van der Waals surface area contributed by atoms with E-state index >= 15 is 0 Å². The van der Waals surface area contributed by atoms with Crippen LogP contribution in [-0.4, -0.2) is 49.5 Å². The maximum absolute atomic E-state index is 12.6. The zero-order valence-corrected chi connectivity index (χ0v) is 14.6. The van der Waals surface area contributed by atoms with Gasteiger partial charge in [-0.15, -0.1) is 0 Å². The molecule has 0 aromatic heterocycles. The van der Waals surface area contributed by atoms with Gasteiger partial charge in [-0.25, -0.2) is 8.42 Å². The molecule has 0 N–H and O–H groups in total. The summed E-state index contributed by atoms with van der Waals surface area (Å²) in [4.78, 5) is 1.64. The predicted molar refractivity (Wildman–Crippen MR) is 82.4 cm³/mol. The van der Waals surface area contributed by atoms with E-state index in [1.165, 1.54) is 9.21 Å². The lowest BCUT2D eigenvalue weighted by Gasteiger charge is -2.36. The minimum absolute atomic E-state index is 0.240. The van der Waals surface area contributed by atoms with Crippen molar-refractivity contribution in [2.75, 3.05) is 19.6 Å². The van der Waals surface area contributed by atoms with E-state index in [1.807, 2.05) is 0 Å². The number of hydrogen-bond donors (Lipinski definition) is 0. The smallest absolute Gasteiger partial charge is 0.295 e. The standard InChI is InChI=1S/C14H16BrF3N2O2S/c15-11-1-2-13-10(7-11)8-20(23(13,21)22)12-3-5-19(6-4-12)9-14(16,17)18/h1-2,7,12H,3-6,8-9H2. The maximum atomic E-state index is 12.6. The fourth-order valence-electron chi connectivity index (χ4n) is 3.25. The Morgan fingerprint density at radius 1 is 1.22 bits per heavy atom. The van der Waals surface area contributed by atoms with Crippen LogP contribution >= 0.6 is 15.9 Å². The Morgan fingerprint density at radius 3 is 2.48 bits per heavy atom. The van der Waals surface area contributed by atoms with Crippen LogP contribution in [0.15, 0.2) is 27.6 Å². The average Bonchev–Trinajstić information content (AvgIpc) is 2.69. The van der Waals surface area contributed by atoms with E-state index in [2.05, 4.69) is 15.9 Å². The van der Waals surface area contributed by atoms with Crippen LogP contribution in [0.3, 0.4) is 0 Å². The summed E-state index contributed by atoms with van der Waals surface area (Å²) in [6.45, 7) is -0.118. The predicted octanol–water partition coefficient (Wildman–Crippen LogP) is 2.98. The molecule has 0 unspecified atom stereocenters. The van der Waals surface area contributed by atoms with Gasteiger partial charge >= 0.3 is 6.18 Å². The Kier molecular flexibility index (Phi) is 4.50. The van der Waals surface area contributed by atoms with Crippen molar-refractivity contribution in [2.24, 2.45) is 0 Å². The second-order valence-electron chi connectivity index (χ2n) is 5.92. The van der Waals surface area contributed by atoms with Gasteiger partial charge in [-0.3, -0.25) is 4.90 Å². The van der Waals surface area contributed by atoms with Gasteiger partial charge in [-0.2, -0.15) is 17.5 Å². The summed E-state index contributed by atoms with van der Waals surface area (Å²) < 4.78 is 64.8. The van der Waals surface area contributed by atoms with Gasteiger partial charge in [0.05, 0.1) is 11.4 Å². The van der Waals surface area contributed by atoms with Crippen LogP contribution in [0.25, 0.3) is 0 Å². The number of fused-ring (bicyclic) bond motifs is 1. The molecular formula is C14H16BrF3N2O2S. The minimum Gasteiger partial charge on any atom is -0.295 e. The molecule has 0 atom stereocenters. The Morgan fingerprint density at radius 2 is 1.87 bits per heavy atom. The van der Waals surface area contributed by atoms with E-state index in [0.717, 1.165) is 10.0 Å². The molecule has 23 heavy (non-hydrogen) atoms. The average molecular weight is 413 g/mol. The molecule has 3 rings (SSSR count). The highest BCUT2D eigenvalue weighted by molar-refractivity contribution is 9.10. The zero-order valence-electron chi connectivity index (χ0n) is 12.2. The van der Waals surface area contributed by atoms with Crippen LogP contribution in [0.5, 0.6) is 0 Å². The normalized spacial score (nSPS) is 23.1. The first kappa shape index (κ1) is 17.2. The van der Waals surface area contributed by atoms with Crippen molar-refractivity contribution in [3.8, 4) is 0 Å². The highest BCUT2D eigenvalue weighted by Gasteiger charge is 2.41. The van der Waals surface area contributed by atoms with Crippen molar-refractivity contribution in [3.05, 3.63) is 28.2 Å². The Labute approximate surface area is 141 Å². The first-order chi connectivity index (χ1) is 10.7. The minimum atomic E-state index is -4.21. The van der Waals surface area contributed by atoms with E-state index in [-0.39, 0.29) is 19.1 Å².